The number of aromatic hydroxyl groups is 3. The maximum absolute atomic E-state index is 13.2. The van der Waals surface area contributed by atoms with Crippen molar-refractivity contribution in [2.75, 3.05) is 0 Å². The Bertz CT molecular complexity index is 1290. The van der Waals surface area contributed by atoms with Gasteiger partial charge in [0.2, 0.25) is 5.43 Å². The lowest BCUT2D eigenvalue weighted by atomic mass is 9.80. The molecule has 0 bridgehead atoms. The van der Waals surface area contributed by atoms with Crippen molar-refractivity contribution in [1.29, 1.82) is 0 Å². The Morgan fingerprint density at radius 3 is 2.45 bits per heavy atom. The summed E-state index contributed by atoms with van der Waals surface area (Å²) in [6.07, 6.45) is 5.32. The fourth-order valence-corrected chi connectivity index (χ4v) is 3.63. The lowest BCUT2D eigenvalue weighted by molar-refractivity contribution is 0.155. The van der Waals surface area contributed by atoms with Crippen LogP contribution in [0.5, 0.6) is 23.0 Å². The molecule has 4 rings (SSSR count). The number of hydrogen-bond donors (Lipinski definition) is 3. The van der Waals surface area contributed by atoms with E-state index in [-0.39, 0.29) is 27.7 Å². The summed E-state index contributed by atoms with van der Waals surface area (Å²) in [4.78, 5) is 13.2. The molecule has 2 aromatic carbocycles. The first-order chi connectivity index (χ1) is 13.5. The van der Waals surface area contributed by atoms with E-state index in [1.807, 2.05) is 33.8 Å². The predicted octanol–water partition coefficient (Wildman–Crippen LogP) is 4.71. The van der Waals surface area contributed by atoms with Gasteiger partial charge in [0.05, 0.1) is 10.9 Å². The highest BCUT2D eigenvalue weighted by atomic mass is 16.5. The van der Waals surface area contributed by atoms with Gasteiger partial charge in [-0.1, -0.05) is 19.9 Å². The van der Waals surface area contributed by atoms with Gasteiger partial charge in [-0.25, -0.2) is 0 Å². The number of phenolic OH excluding ortho intramolecular Hbond substituents is 3. The van der Waals surface area contributed by atoms with Gasteiger partial charge in [-0.05, 0) is 32.1 Å². The van der Waals surface area contributed by atoms with Crippen LogP contribution in [-0.4, -0.2) is 20.9 Å². The average Bonchev–Trinajstić information content (AvgIpc) is 2.62. The van der Waals surface area contributed by atoms with Crippen molar-refractivity contribution in [3.05, 3.63) is 52.2 Å². The van der Waals surface area contributed by atoms with Crippen molar-refractivity contribution in [2.45, 2.75) is 38.7 Å². The van der Waals surface area contributed by atoms with Gasteiger partial charge in [-0.2, -0.15) is 0 Å². The Morgan fingerprint density at radius 1 is 1.14 bits per heavy atom. The van der Waals surface area contributed by atoms with Gasteiger partial charge < -0.3 is 24.5 Å². The minimum Gasteiger partial charge on any atom is -0.507 e. The zero-order valence-corrected chi connectivity index (χ0v) is 16.7. The van der Waals surface area contributed by atoms with E-state index in [9.17, 15) is 20.1 Å². The monoisotopic (exact) mass is 394 g/mol. The second-order valence-corrected chi connectivity index (χ2v) is 8.40. The number of benzene rings is 2. The van der Waals surface area contributed by atoms with Crippen molar-refractivity contribution >= 4 is 28.0 Å². The third-order valence-electron chi connectivity index (χ3n) is 5.35. The molecule has 3 N–H and O–H groups in total. The third kappa shape index (κ3) is 2.67. The Kier molecular flexibility index (Phi) is 3.78. The summed E-state index contributed by atoms with van der Waals surface area (Å²) in [5.74, 6) is -0.690. The van der Waals surface area contributed by atoms with Crippen molar-refractivity contribution in [2.24, 2.45) is 0 Å². The summed E-state index contributed by atoms with van der Waals surface area (Å²) in [6.45, 7) is 11.4. The van der Waals surface area contributed by atoms with E-state index in [4.69, 9.17) is 9.15 Å². The largest absolute Gasteiger partial charge is 0.507 e. The predicted molar refractivity (Wildman–Crippen MR) is 112 cm³/mol. The van der Waals surface area contributed by atoms with Crippen molar-refractivity contribution in [3.8, 4) is 23.0 Å². The van der Waals surface area contributed by atoms with Crippen LogP contribution >= 0.6 is 0 Å². The fourth-order valence-electron chi connectivity index (χ4n) is 3.63. The topological polar surface area (TPSA) is 100 Å². The number of hydrogen-bond acceptors (Lipinski definition) is 6. The highest BCUT2D eigenvalue weighted by Gasteiger charge is 2.35. The molecule has 0 spiro atoms. The Morgan fingerprint density at radius 2 is 1.79 bits per heavy atom. The fraction of sp³-hybridized carbons (Fsp3) is 0.261. The van der Waals surface area contributed by atoms with Gasteiger partial charge >= 0.3 is 0 Å². The molecule has 0 radical (unpaired) electrons. The number of rotatable bonds is 2. The third-order valence-corrected chi connectivity index (χ3v) is 5.35. The first kappa shape index (κ1) is 18.9. The Labute approximate surface area is 167 Å². The quantitative estimate of drug-likeness (QED) is 0.331. The SMILES string of the molecule is C=CC(C)(C)c1c2c(c3oc4cc(O)c(O)cc4c(=O)c3c1O)C=CC(C)(C)O2. The molecule has 0 saturated heterocycles. The summed E-state index contributed by atoms with van der Waals surface area (Å²) >= 11 is 0. The van der Waals surface area contributed by atoms with Crippen LogP contribution in [0.2, 0.25) is 0 Å². The molecule has 3 aromatic rings. The second kappa shape index (κ2) is 5.80. The Balaban J connectivity index is 2.28. The molecule has 6 heteroatoms. The zero-order valence-electron chi connectivity index (χ0n) is 16.7. The number of fused-ring (bicyclic) bond motifs is 4. The highest BCUT2D eigenvalue weighted by molar-refractivity contribution is 6.01. The summed E-state index contributed by atoms with van der Waals surface area (Å²) in [5.41, 5.74) is -0.654. The molecule has 1 aromatic heterocycles. The molecule has 6 nitrogen and oxygen atoms in total. The van der Waals surface area contributed by atoms with Crippen molar-refractivity contribution in [1.82, 2.24) is 0 Å². The van der Waals surface area contributed by atoms with Crippen LogP contribution < -0.4 is 10.2 Å². The Hall–Kier alpha value is -3.41. The summed E-state index contributed by atoms with van der Waals surface area (Å²) in [7, 11) is 0. The van der Waals surface area contributed by atoms with Crippen LogP contribution in [0.4, 0.5) is 0 Å². The first-order valence-corrected chi connectivity index (χ1v) is 9.20. The molecule has 0 unspecified atom stereocenters. The van der Waals surface area contributed by atoms with E-state index in [1.165, 1.54) is 6.07 Å². The maximum Gasteiger partial charge on any atom is 0.204 e. The molecular formula is C23H22O6. The smallest absolute Gasteiger partial charge is 0.204 e. The van der Waals surface area contributed by atoms with E-state index < -0.39 is 27.9 Å². The van der Waals surface area contributed by atoms with Crippen LogP contribution in [0.3, 0.4) is 0 Å². The molecule has 0 fully saturated rings. The van der Waals surface area contributed by atoms with Gasteiger partial charge in [0.1, 0.15) is 28.1 Å². The van der Waals surface area contributed by atoms with Crippen LogP contribution in [0.15, 0.2) is 40.1 Å². The van der Waals surface area contributed by atoms with Crippen molar-refractivity contribution in [3.63, 3.8) is 0 Å². The molecule has 0 aliphatic carbocycles. The normalized spacial score (nSPS) is 15.3. The zero-order chi connectivity index (χ0) is 21.3. The minimum absolute atomic E-state index is 0.0146. The molecule has 0 saturated carbocycles. The molecule has 0 atom stereocenters. The summed E-state index contributed by atoms with van der Waals surface area (Å²) in [6, 6.07) is 2.30. The standard InChI is InChI=1S/C23H22O6/c1-6-22(2,3)17-19(27)16-18(26)12-9-13(24)14(25)10-15(12)28-20(16)11-7-8-23(4,5)29-21(11)17/h6-10,24-25,27H,1H2,2-5H3. The number of phenols is 3. The van der Waals surface area contributed by atoms with Gasteiger partial charge in [-0.15, -0.1) is 6.58 Å². The average molecular weight is 394 g/mol. The van der Waals surface area contributed by atoms with Crippen LogP contribution in [0.1, 0.15) is 38.8 Å². The maximum atomic E-state index is 13.2. The molecular weight excluding hydrogens is 372 g/mol. The van der Waals surface area contributed by atoms with Crippen LogP contribution in [0, 0.1) is 0 Å². The molecule has 0 amide bonds. The minimum atomic E-state index is -0.706. The van der Waals surface area contributed by atoms with Crippen molar-refractivity contribution < 1.29 is 24.5 Å². The van der Waals surface area contributed by atoms with Gasteiger partial charge in [0.25, 0.3) is 0 Å². The second-order valence-electron chi connectivity index (χ2n) is 8.40. The molecule has 2 heterocycles. The van der Waals surface area contributed by atoms with E-state index >= 15 is 0 Å². The summed E-state index contributed by atoms with van der Waals surface area (Å²) < 4.78 is 12.1. The first-order valence-electron chi connectivity index (χ1n) is 9.20. The van der Waals surface area contributed by atoms with E-state index in [1.54, 1.807) is 12.2 Å². The van der Waals surface area contributed by atoms with Crippen LogP contribution in [0.25, 0.3) is 28.0 Å². The molecule has 1 aliphatic rings. The van der Waals surface area contributed by atoms with Gasteiger partial charge in [0.15, 0.2) is 17.1 Å². The van der Waals surface area contributed by atoms with E-state index in [0.29, 0.717) is 16.9 Å². The number of ether oxygens (including phenoxy) is 1. The summed E-state index contributed by atoms with van der Waals surface area (Å²) in [5, 5.41) is 30.8. The van der Waals surface area contributed by atoms with E-state index in [2.05, 4.69) is 6.58 Å². The lowest BCUT2D eigenvalue weighted by Crippen LogP contribution is -2.30. The molecule has 150 valence electrons. The number of allylic oxidation sites excluding steroid dienone is 1. The molecule has 1 aliphatic heterocycles. The highest BCUT2D eigenvalue weighted by Crippen LogP contribution is 2.49. The lowest BCUT2D eigenvalue weighted by Gasteiger charge is -2.34. The van der Waals surface area contributed by atoms with E-state index in [0.717, 1.165) is 6.07 Å². The van der Waals surface area contributed by atoms with Gasteiger partial charge in [0, 0.05) is 17.0 Å². The molecule has 29 heavy (non-hydrogen) atoms. The van der Waals surface area contributed by atoms with Crippen LogP contribution in [-0.2, 0) is 5.41 Å². The van der Waals surface area contributed by atoms with Gasteiger partial charge in [-0.3, -0.25) is 4.79 Å².